The third-order valence-corrected chi connectivity index (χ3v) is 32.0. The molecule has 0 N–H and O–H groups in total. The molecule has 680 valence electrons. The van der Waals surface area contributed by atoms with E-state index < -0.39 is 88.8 Å². The highest BCUT2D eigenvalue weighted by Crippen LogP contribution is 2.69. The number of aromatic nitrogens is 5. The van der Waals surface area contributed by atoms with Crippen molar-refractivity contribution in [3.63, 3.8) is 0 Å². The highest BCUT2D eigenvalue weighted by atomic mass is 15.0. The summed E-state index contributed by atoms with van der Waals surface area (Å²) in [5, 5.41) is 0. The summed E-state index contributed by atoms with van der Waals surface area (Å²) in [6, 6.07) is 98.5. The SMILES string of the molecule is [2H]C([2H])([2H])C1(C([2H])([2H])[2H])c2ccc[n+](C)c2-c2c(C)ccc3c2C1(c1ccccc1)c1ccccc1-3.[2H]C([2H])([2H])C12c3ccccc3-c3ccc(C)c(c31)-c1c(ccc[n+]1C)C2(C([2H])([2H])[2H])C([2H])([2H])[2H].[2H]C([2H])c1ccc[n+](C)c1-c1c(C)ccc2c1C(C)(C([2H])([2H])[2H])c1ccccc1-2.[2H]C([2H])c1ccc[n+](C)c1-c1c(C)ccc2c1C(C)(C1CCCCC1)c1ccccc1-2.[2H]C([2H])c1ccc[n+](C)c1-c1c(C)ccc2c1C(C)(c1ccccc1)c1ccccc1-2. The van der Waals surface area contributed by atoms with Gasteiger partial charge in [-0.05, 0) is 261 Å². The van der Waals surface area contributed by atoms with Crippen molar-refractivity contribution in [1.29, 1.82) is 0 Å². The Hall–Kier alpha value is -13.6. The minimum atomic E-state index is -3.19. The van der Waals surface area contributed by atoms with Gasteiger partial charge in [0.1, 0.15) is 35.2 Å². The molecular formula is C132H132N5+5. The molecule has 8 aliphatic carbocycles. The lowest BCUT2D eigenvalue weighted by Gasteiger charge is -2.50. The number of aryl methyl sites for hydroxylation is 13. The van der Waals surface area contributed by atoms with Crippen LogP contribution >= 0.6 is 0 Å². The second kappa shape index (κ2) is 33.4. The highest BCUT2D eigenvalue weighted by molar-refractivity contribution is 5.98. The maximum absolute atomic E-state index is 9.06. The molecule has 12 aromatic carbocycles. The van der Waals surface area contributed by atoms with E-state index in [1.807, 2.05) is 203 Å². The van der Waals surface area contributed by atoms with Gasteiger partial charge in [-0.25, -0.2) is 22.8 Å². The average Bonchev–Trinajstić information content (AvgIpc) is 1.51. The van der Waals surface area contributed by atoms with Gasteiger partial charge in [0.2, 0.25) is 28.5 Å². The fraction of sp³-hybridized carbons (Fsp3) is 0.265. The predicted molar refractivity (Wildman–Crippen MR) is 566 cm³/mol. The van der Waals surface area contributed by atoms with Crippen molar-refractivity contribution >= 4 is 0 Å². The molecule has 0 radical (unpaired) electrons. The molecule has 1 fully saturated rings. The zero-order valence-electron chi connectivity index (χ0n) is 104. The fourth-order valence-electron chi connectivity index (χ4n) is 25.7. The lowest BCUT2D eigenvalue weighted by Crippen LogP contribution is -2.51. The van der Waals surface area contributed by atoms with Crippen LogP contribution in [0.15, 0.2) is 334 Å². The zero-order valence-corrected chi connectivity index (χ0v) is 80.3. The molecule has 0 saturated heterocycles. The molecule has 17 aromatic rings. The molecule has 5 aromatic heterocycles. The van der Waals surface area contributed by atoms with Crippen LogP contribution in [0.25, 0.3) is 112 Å². The van der Waals surface area contributed by atoms with Crippen molar-refractivity contribution < 1.29 is 55.7 Å². The Kier molecular flexibility index (Phi) is 16.1. The van der Waals surface area contributed by atoms with E-state index >= 15 is 0 Å². The smallest absolute Gasteiger partial charge is 0.201 e. The molecular weight excluding hydrogens is 1660 g/mol. The Morgan fingerprint density at radius 3 is 1.06 bits per heavy atom. The van der Waals surface area contributed by atoms with Gasteiger partial charge in [0, 0.05) is 124 Å². The van der Waals surface area contributed by atoms with Crippen LogP contribution in [0, 0.1) is 61.2 Å². The highest BCUT2D eigenvalue weighted by Gasteiger charge is 2.62. The minimum absolute atomic E-state index is 0.0121. The Labute approximate surface area is 848 Å². The number of nitrogens with zero attached hydrogens (tertiary/aromatic N) is 5. The molecule has 0 bridgehead atoms. The third-order valence-electron chi connectivity index (χ3n) is 32.0. The zero-order chi connectivity index (χ0) is 115. The van der Waals surface area contributed by atoms with Gasteiger partial charge in [-0.1, -0.05) is 317 Å². The minimum Gasteiger partial charge on any atom is -0.201 e. The first kappa shape index (κ1) is 66.0. The number of hydrogen-bond acceptors (Lipinski definition) is 0. The quantitative estimate of drug-likeness (QED) is 0.148. The van der Waals surface area contributed by atoms with Gasteiger partial charge < -0.3 is 0 Å². The van der Waals surface area contributed by atoms with E-state index in [0.29, 0.717) is 50.7 Å². The predicted octanol–water partition coefficient (Wildman–Crippen LogP) is 29.0. The monoisotopic (exact) mass is 1810 g/mol. The normalized spacial score (nSPS) is 22.7. The summed E-state index contributed by atoms with van der Waals surface area (Å²) >= 11 is 0. The Bertz CT molecular complexity index is 8750. The van der Waals surface area contributed by atoms with E-state index in [-0.39, 0.29) is 27.5 Å². The summed E-state index contributed by atoms with van der Waals surface area (Å²) < 4.78 is 218. The van der Waals surface area contributed by atoms with Crippen LogP contribution < -0.4 is 22.8 Å². The van der Waals surface area contributed by atoms with Crippen LogP contribution in [0.4, 0.5) is 0 Å². The largest absolute Gasteiger partial charge is 0.216 e. The van der Waals surface area contributed by atoms with Gasteiger partial charge in [0.05, 0.1) is 33.2 Å². The topological polar surface area (TPSA) is 19.4 Å². The van der Waals surface area contributed by atoms with Gasteiger partial charge >= 0.3 is 0 Å². The van der Waals surface area contributed by atoms with Crippen molar-refractivity contribution in [3.05, 3.63) is 457 Å². The first-order valence-electron chi connectivity index (χ1n) is 60.4. The van der Waals surface area contributed by atoms with Gasteiger partial charge in [-0.15, -0.1) is 0 Å². The van der Waals surface area contributed by atoms with Crippen LogP contribution in [0.3, 0.4) is 0 Å². The molecule has 0 spiro atoms. The van der Waals surface area contributed by atoms with Crippen molar-refractivity contribution in [3.8, 4) is 112 Å². The molecule has 8 aliphatic rings. The van der Waals surface area contributed by atoms with Crippen LogP contribution in [0.1, 0.15) is 249 Å². The molecule has 25 rings (SSSR count). The lowest BCUT2D eigenvalue weighted by molar-refractivity contribution is -0.661. The third kappa shape index (κ3) is 13.1. The van der Waals surface area contributed by atoms with Gasteiger partial charge in [-0.3, -0.25) is 0 Å². The van der Waals surface area contributed by atoms with Crippen molar-refractivity contribution in [2.24, 2.45) is 41.2 Å². The van der Waals surface area contributed by atoms with Crippen LogP contribution in [-0.4, -0.2) is 0 Å². The Morgan fingerprint density at radius 2 is 0.584 bits per heavy atom. The second-order valence-electron chi connectivity index (χ2n) is 39.7. The molecule has 0 aliphatic heterocycles. The van der Waals surface area contributed by atoms with E-state index in [0.717, 1.165) is 112 Å². The van der Waals surface area contributed by atoms with Gasteiger partial charge in [-0.2, -0.15) is 0 Å². The van der Waals surface area contributed by atoms with E-state index in [1.54, 1.807) is 79.3 Å². The molecule has 5 heteroatoms. The van der Waals surface area contributed by atoms with E-state index in [1.165, 1.54) is 99.4 Å². The fourth-order valence-corrected chi connectivity index (χ4v) is 25.7. The lowest BCUT2D eigenvalue weighted by atomic mass is 9.50. The van der Waals surface area contributed by atoms with E-state index in [9.17, 15) is 0 Å². The number of hydrogen-bond donors (Lipinski definition) is 0. The number of fused-ring (bicyclic) bond motifs is 19. The molecule has 1 saturated carbocycles. The Balaban J connectivity index is 0.000000116. The summed E-state index contributed by atoms with van der Waals surface area (Å²) in [5.74, 6) is 0.615. The van der Waals surface area contributed by atoms with Crippen molar-refractivity contribution in [1.82, 2.24) is 0 Å². The number of rotatable bonds is 6. The van der Waals surface area contributed by atoms with Crippen LogP contribution in [0.2, 0.25) is 0 Å². The molecule has 0 amide bonds. The van der Waals surface area contributed by atoms with Crippen LogP contribution in [-0.2, 0) is 73.1 Å². The first-order valence-corrected chi connectivity index (χ1v) is 47.9. The maximum Gasteiger partial charge on any atom is 0.216 e. The van der Waals surface area contributed by atoms with E-state index in [2.05, 4.69) is 159 Å². The number of pyridine rings is 5. The molecule has 5 unspecified atom stereocenters. The standard InChI is InChI=1S/C29H26N.C28H32N.C28H26N.C24H24N.C23H24N/c1-19-16-17-22-21-13-8-9-14-23(21)29(20-11-6-5-7-12-20)26(22)25(19)27-24(28(29,2)3)15-10-18-30(27)4;2*1-19-16-17-23-22-14-8-9-15-24(22)28(3,21-12-6-5-7-13-21)26(23)25(19)27-20(2)11-10-18-29(27)4;1-15-12-13-17-16-9-6-7-10-18(16)24(4)21(17)20(15)22-19(23(24,2)3)11-8-14-25(22)5;1-15-12-13-18-17-10-6-7-11-19(17)23(3,4)21(18)20(15)22-16(2)9-8-14-24(22)5/h5-18H,1-4H3;8-11,14-18,21H,5-7,12-13H2,1-4H3;5-18H,1-4H3;6-14H,1-5H3;6-14H,1-5H3/q5*+1/i2D3,3D3;2*2D2;2D3,3D3,4D3;2D2,3D3. The molecule has 137 heavy (non-hydrogen) atoms. The van der Waals surface area contributed by atoms with Crippen molar-refractivity contribution in [2.45, 2.75) is 187 Å². The van der Waals surface area contributed by atoms with Crippen molar-refractivity contribution in [2.75, 3.05) is 0 Å². The van der Waals surface area contributed by atoms with E-state index in [4.69, 9.17) is 32.9 Å². The summed E-state index contributed by atoms with van der Waals surface area (Å²) in [5.41, 5.74) is 26.6. The summed E-state index contributed by atoms with van der Waals surface area (Å²) in [6.45, 7) is -3.87. The first-order chi connectivity index (χ1) is 76.1. The maximum atomic E-state index is 9.06. The van der Waals surface area contributed by atoms with Crippen LogP contribution in [0.5, 0.6) is 0 Å². The molecule has 5 heterocycles. The van der Waals surface area contributed by atoms with Gasteiger partial charge in [0.15, 0.2) is 31.0 Å². The van der Waals surface area contributed by atoms with Gasteiger partial charge in [0.25, 0.3) is 0 Å². The molecule has 5 nitrogen and oxygen atoms in total. The second-order valence-corrected chi connectivity index (χ2v) is 39.7. The molecule has 5 atom stereocenters. The Morgan fingerprint density at radius 1 is 0.248 bits per heavy atom. The average molecular weight is 1810 g/mol. The number of benzene rings is 12. The summed E-state index contributed by atoms with van der Waals surface area (Å²) in [6.07, 6.45) is 16.0. The summed E-state index contributed by atoms with van der Waals surface area (Å²) in [4.78, 5) is 0. The summed E-state index contributed by atoms with van der Waals surface area (Å²) in [7, 11) is 9.54.